The van der Waals surface area contributed by atoms with E-state index in [9.17, 15) is 14.4 Å². The molecule has 28 heavy (non-hydrogen) atoms. The van der Waals surface area contributed by atoms with Crippen molar-refractivity contribution in [1.29, 1.82) is 0 Å². The number of halogens is 1. The summed E-state index contributed by atoms with van der Waals surface area (Å²) in [6.07, 6.45) is 0. The number of ether oxygens (including phenoxy) is 2. The molecule has 0 spiro atoms. The van der Waals surface area contributed by atoms with Gasteiger partial charge in [-0.3, -0.25) is 19.3 Å². The minimum absolute atomic E-state index is 0.0603. The predicted octanol–water partition coefficient (Wildman–Crippen LogP) is 3.06. The van der Waals surface area contributed by atoms with E-state index in [4.69, 9.17) is 21.1 Å². The Morgan fingerprint density at radius 2 is 1.93 bits per heavy atom. The van der Waals surface area contributed by atoms with Crippen molar-refractivity contribution in [3.8, 4) is 11.5 Å². The molecule has 2 aromatic rings. The zero-order chi connectivity index (χ0) is 20.1. The number of carbonyl (C=O) groups excluding carboxylic acids is 3. The van der Waals surface area contributed by atoms with Crippen LogP contribution in [0.5, 0.6) is 11.5 Å². The fourth-order valence-corrected chi connectivity index (χ4v) is 3.36. The van der Waals surface area contributed by atoms with E-state index in [0.717, 1.165) is 0 Å². The van der Waals surface area contributed by atoms with Gasteiger partial charge in [-0.25, -0.2) is 0 Å². The quantitative estimate of drug-likeness (QED) is 0.800. The van der Waals surface area contributed by atoms with Crippen molar-refractivity contribution in [2.24, 2.45) is 0 Å². The van der Waals surface area contributed by atoms with E-state index < -0.39 is 5.60 Å². The van der Waals surface area contributed by atoms with Gasteiger partial charge < -0.3 is 14.8 Å². The average Bonchev–Trinajstić information content (AvgIpc) is 2.65. The molecule has 2 amide bonds. The predicted molar refractivity (Wildman–Crippen MR) is 103 cm³/mol. The molecule has 144 valence electrons. The summed E-state index contributed by atoms with van der Waals surface area (Å²) >= 11 is 6.07. The van der Waals surface area contributed by atoms with E-state index in [2.05, 4.69) is 5.32 Å². The molecule has 2 heterocycles. The summed E-state index contributed by atoms with van der Waals surface area (Å²) in [4.78, 5) is 38.7. The Labute approximate surface area is 166 Å². The first-order chi connectivity index (χ1) is 13.2. The molecule has 2 aromatic carbocycles. The Kier molecular flexibility index (Phi) is 4.27. The fourth-order valence-electron chi connectivity index (χ4n) is 3.19. The normalized spacial score (nSPS) is 17.0. The number of nitrogens with one attached hydrogen (secondary N) is 1. The molecule has 0 unspecified atom stereocenters. The molecule has 0 saturated carbocycles. The van der Waals surface area contributed by atoms with Crippen LogP contribution >= 0.6 is 11.6 Å². The van der Waals surface area contributed by atoms with Crippen LogP contribution in [0.4, 0.5) is 11.4 Å². The van der Waals surface area contributed by atoms with Crippen LogP contribution in [0.15, 0.2) is 36.4 Å². The Morgan fingerprint density at radius 1 is 1.18 bits per heavy atom. The molecular formula is C20H17ClN2O5. The maximum Gasteiger partial charge on any atom is 0.271 e. The van der Waals surface area contributed by atoms with E-state index in [1.807, 2.05) is 0 Å². The number of ketones is 1. The highest BCUT2D eigenvalue weighted by molar-refractivity contribution is 6.31. The second-order valence-electron chi connectivity index (χ2n) is 7.09. The van der Waals surface area contributed by atoms with Crippen LogP contribution in [0.25, 0.3) is 0 Å². The number of amides is 2. The molecule has 2 aliphatic heterocycles. The highest BCUT2D eigenvalue weighted by Gasteiger charge is 2.41. The number of hydrogen-bond acceptors (Lipinski definition) is 5. The van der Waals surface area contributed by atoms with E-state index in [1.165, 1.54) is 4.90 Å². The third kappa shape index (κ3) is 3.18. The SMILES string of the molecule is CC1(C)Oc2ccc(Cl)cc2N(CC(=O)c2ccc3c(c2)NC(=O)CO3)C1=O. The Hall–Kier alpha value is -3.06. The molecule has 0 saturated heterocycles. The van der Waals surface area contributed by atoms with Crippen LogP contribution in [0.2, 0.25) is 5.02 Å². The molecule has 0 aromatic heterocycles. The van der Waals surface area contributed by atoms with Gasteiger partial charge in [-0.15, -0.1) is 0 Å². The fraction of sp³-hybridized carbons (Fsp3) is 0.250. The minimum Gasteiger partial charge on any atom is -0.482 e. The smallest absolute Gasteiger partial charge is 0.271 e. The molecule has 0 fully saturated rings. The first-order valence-corrected chi connectivity index (χ1v) is 9.03. The molecule has 1 N–H and O–H groups in total. The summed E-state index contributed by atoms with van der Waals surface area (Å²) in [5.41, 5.74) is 0.114. The second kappa shape index (κ2) is 6.53. The molecule has 2 aliphatic rings. The van der Waals surface area contributed by atoms with Gasteiger partial charge in [0.25, 0.3) is 11.8 Å². The highest BCUT2D eigenvalue weighted by Crippen LogP contribution is 2.39. The van der Waals surface area contributed by atoms with Crippen molar-refractivity contribution in [2.45, 2.75) is 19.4 Å². The topological polar surface area (TPSA) is 84.9 Å². The van der Waals surface area contributed by atoms with E-state index in [1.54, 1.807) is 50.2 Å². The number of carbonyl (C=O) groups is 3. The standard InChI is InChI=1S/C20H17ClN2O5/c1-20(2)19(26)23(14-8-12(21)4-6-17(14)28-20)9-15(24)11-3-5-16-13(7-11)22-18(25)10-27-16/h3-8H,9-10H2,1-2H3,(H,22,25). The summed E-state index contributed by atoms with van der Waals surface area (Å²) in [6.45, 7) is 3.05. The van der Waals surface area contributed by atoms with Gasteiger partial charge in [0.15, 0.2) is 18.0 Å². The number of fused-ring (bicyclic) bond motifs is 2. The lowest BCUT2D eigenvalue weighted by Gasteiger charge is -2.38. The number of anilines is 2. The van der Waals surface area contributed by atoms with Crippen molar-refractivity contribution in [3.05, 3.63) is 47.0 Å². The van der Waals surface area contributed by atoms with Crippen LogP contribution < -0.4 is 19.7 Å². The van der Waals surface area contributed by atoms with Crippen LogP contribution in [0.3, 0.4) is 0 Å². The lowest BCUT2D eigenvalue weighted by molar-refractivity contribution is -0.132. The number of nitrogens with zero attached hydrogens (tertiary/aromatic N) is 1. The van der Waals surface area contributed by atoms with Crippen LogP contribution in [0, 0.1) is 0 Å². The molecule has 4 rings (SSSR count). The lowest BCUT2D eigenvalue weighted by Crippen LogP contribution is -2.53. The van der Waals surface area contributed by atoms with Crippen molar-refractivity contribution < 1.29 is 23.9 Å². The van der Waals surface area contributed by atoms with Crippen LogP contribution in [-0.2, 0) is 9.59 Å². The minimum atomic E-state index is -1.11. The first kappa shape index (κ1) is 18.3. The third-order valence-corrected chi connectivity index (χ3v) is 4.81. The van der Waals surface area contributed by atoms with Gasteiger partial charge in [-0.2, -0.15) is 0 Å². The number of Topliss-reactive ketones (excluding diaryl/α,β-unsaturated/α-hetero) is 1. The Balaban J connectivity index is 1.66. The second-order valence-corrected chi connectivity index (χ2v) is 7.52. The van der Waals surface area contributed by atoms with Crippen LogP contribution in [-0.4, -0.2) is 36.4 Å². The third-order valence-electron chi connectivity index (χ3n) is 4.57. The van der Waals surface area contributed by atoms with E-state index >= 15 is 0 Å². The molecule has 0 bridgehead atoms. The Bertz CT molecular complexity index is 1020. The van der Waals surface area contributed by atoms with Gasteiger partial charge in [0.2, 0.25) is 0 Å². The van der Waals surface area contributed by atoms with Crippen molar-refractivity contribution in [3.63, 3.8) is 0 Å². The molecule has 7 nitrogen and oxygen atoms in total. The zero-order valence-corrected chi connectivity index (χ0v) is 16.0. The number of rotatable bonds is 3. The molecule has 8 heteroatoms. The maximum atomic E-state index is 12.9. The highest BCUT2D eigenvalue weighted by atomic mass is 35.5. The van der Waals surface area contributed by atoms with Gasteiger partial charge >= 0.3 is 0 Å². The lowest BCUT2D eigenvalue weighted by atomic mass is 10.0. The largest absolute Gasteiger partial charge is 0.482 e. The van der Waals surface area contributed by atoms with Crippen LogP contribution in [0.1, 0.15) is 24.2 Å². The van der Waals surface area contributed by atoms with E-state index in [-0.39, 0.29) is 30.7 Å². The molecule has 0 aliphatic carbocycles. The van der Waals surface area contributed by atoms with Gasteiger partial charge in [-0.1, -0.05) is 11.6 Å². The van der Waals surface area contributed by atoms with Crippen molar-refractivity contribution in [2.75, 3.05) is 23.4 Å². The van der Waals surface area contributed by atoms with Gasteiger partial charge in [0, 0.05) is 10.6 Å². The first-order valence-electron chi connectivity index (χ1n) is 8.65. The maximum absolute atomic E-state index is 12.9. The van der Waals surface area contributed by atoms with Gasteiger partial charge in [0.1, 0.15) is 11.5 Å². The number of hydrogen-bond donors (Lipinski definition) is 1. The van der Waals surface area contributed by atoms with Gasteiger partial charge in [-0.05, 0) is 50.2 Å². The average molecular weight is 401 g/mol. The summed E-state index contributed by atoms with van der Waals surface area (Å²) in [5.74, 6) is 0.0559. The molecule has 0 radical (unpaired) electrons. The summed E-state index contributed by atoms with van der Waals surface area (Å²) in [5, 5.41) is 3.10. The number of benzene rings is 2. The van der Waals surface area contributed by atoms with Gasteiger partial charge in [0.05, 0.1) is 17.9 Å². The van der Waals surface area contributed by atoms with Crippen molar-refractivity contribution >= 4 is 40.6 Å². The monoisotopic (exact) mass is 400 g/mol. The molecular weight excluding hydrogens is 384 g/mol. The van der Waals surface area contributed by atoms with Crippen molar-refractivity contribution in [1.82, 2.24) is 0 Å². The summed E-state index contributed by atoms with van der Waals surface area (Å²) < 4.78 is 11.1. The Morgan fingerprint density at radius 3 is 2.71 bits per heavy atom. The summed E-state index contributed by atoms with van der Waals surface area (Å²) in [7, 11) is 0. The molecule has 0 atom stereocenters. The zero-order valence-electron chi connectivity index (χ0n) is 15.2. The summed E-state index contributed by atoms with van der Waals surface area (Å²) in [6, 6.07) is 9.71. The van der Waals surface area contributed by atoms with E-state index in [0.29, 0.717) is 33.5 Å².